The van der Waals surface area contributed by atoms with Crippen LogP contribution in [0.5, 0.6) is 0 Å². The average molecular weight is 320 g/mol. The predicted molar refractivity (Wildman–Crippen MR) is 89.7 cm³/mol. The summed E-state index contributed by atoms with van der Waals surface area (Å²) in [7, 11) is 0. The van der Waals surface area contributed by atoms with Gasteiger partial charge < -0.3 is 9.80 Å². The van der Waals surface area contributed by atoms with E-state index in [9.17, 15) is 4.79 Å². The Bertz CT molecular complexity index is 856. The molecule has 24 heavy (non-hydrogen) atoms. The molecule has 1 aliphatic heterocycles. The Morgan fingerprint density at radius 1 is 1.00 bits per heavy atom. The fourth-order valence-corrected chi connectivity index (χ4v) is 2.94. The molecule has 0 radical (unpaired) electrons. The van der Waals surface area contributed by atoms with Gasteiger partial charge in [0.25, 0.3) is 5.91 Å². The van der Waals surface area contributed by atoms with Gasteiger partial charge in [0.2, 0.25) is 0 Å². The number of carbonyl (C=O) groups is 1. The fourth-order valence-electron chi connectivity index (χ4n) is 2.94. The molecule has 2 aromatic heterocycles. The first-order valence-electron chi connectivity index (χ1n) is 7.83. The van der Waals surface area contributed by atoms with Crippen molar-refractivity contribution in [2.45, 2.75) is 0 Å². The Morgan fingerprint density at radius 2 is 1.83 bits per heavy atom. The first-order chi connectivity index (χ1) is 11.8. The number of amides is 1. The number of rotatable bonds is 2. The van der Waals surface area contributed by atoms with Gasteiger partial charge in [-0.1, -0.05) is 24.3 Å². The molecule has 7 heteroatoms. The van der Waals surface area contributed by atoms with Crippen LogP contribution in [0, 0.1) is 0 Å². The molecule has 1 aliphatic rings. The van der Waals surface area contributed by atoms with Crippen molar-refractivity contribution >= 4 is 22.5 Å². The molecule has 0 saturated carbocycles. The zero-order chi connectivity index (χ0) is 16.4. The van der Waals surface area contributed by atoms with Crippen molar-refractivity contribution in [3.8, 4) is 0 Å². The van der Waals surface area contributed by atoms with Crippen molar-refractivity contribution in [3.05, 3.63) is 54.7 Å². The summed E-state index contributed by atoms with van der Waals surface area (Å²) in [4.78, 5) is 24.5. The second kappa shape index (κ2) is 6.19. The number of benzene rings is 1. The van der Waals surface area contributed by atoms with Gasteiger partial charge in [0.15, 0.2) is 5.82 Å². The van der Waals surface area contributed by atoms with Crippen LogP contribution >= 0.6 is 0 Å². The minimum atomic E-state index is -0.0771. The zero-order valence-electron chi connectivity index (χ0n) is 13.0. The van der Waals surface area contributed by atoms with E-state index < -0.39 is 0 Å². The second-order valence-electron chi connectivity index (χ2n) is 5.63. The monoisotopic (exact) mass is 320 g/mol. The maximum Gasteiger partial charge on any atom is 0.274 e. The number of aromatic nitrogens is 4. The van der Waals surface area contributed by atoms with Gasteiger partial charge in [-0.2, -0.15) is 5.10 Å². The first kappa shape index (κ1) is 14.5. The molecular formula is C17H16N6O. The lowest BCUT2D eigenvalue weighted by atomic mass is 10.1. The smallest absolute Gasteiger partial charge is 0.274 e. The Balaban J connectivity index is 1.51. The highest BCUT2D eigenvalue weighted by Crippen LogP contribution is 2.24. The molecule has 1 aromatic carbocycles. The summed E-state index contributed by atoms with van der Waals surface area (Å²) in [6, 6.07) is 8.07. The summed E-state index contributed by atoms with van der Waals surface area (Å²) in [5.41, 5.74) is 0.385. The maximum absolute atomic E-state index is 12.4. The SMILES string of the molecule is O=C(c1cnccn1)N1CCN(c2nncc3ccccc23)CC1. The molecule has 120 valence electrons. The summed E-state index contributed by atoms with van der Waals surface area (Å²) in [5.74, 6) is 0.798. The van der Waals surface area contributed by atoms with Crippen LogP contribution in [-0.4, -0.2) is 57.2 Å². The topological polar surface area (TPSA) is 75.1 Å². The van der Waals surface area contributed by atoms with Crippen LogP contribution in [0.3, 0.4) is 0 Å². The number of nitrogens with zero attached hydrogens (tertiary/aromatic N) is 6. The standard InChI is InChI=1S/C17H16N6O/c24-17(15-12-18-5-6-19-15)23-9-7-22(8-10-23)16-14-4-2-1-3-13(14)11-20-21-16/h1-6,11-12H,7-10H2. The van der Waals surface area contributed by atoms with Gasteiger partial charge >= 0.3 is 0 Å². The summed E-state index contributed by atoms with van der Waals surface area (Å²) < 4.78 is 0. The van der Waals surface area contributed by atoms with Gasteiger partial charge in [-0.3, -0.25) is 9.78 Å². The van der Waals surface area contributed by atoms with E-state index in [1.807, 2.05) is 18.2 Å². The largest absolute Gasteiger partial charge is 0.351 e. The molecule has 3 heterocycles. The Kier molecular flexibility index (Phi) is 3.74. The summed E-state index contributed by atoms with van der Waals surface area (Å²) in [6.07, 6.45) is 6.38. The van der Waals surface area contributed by atoms with Gasteiger partial charge in [-0.05, 0) is 0 Å². The molecule has 0 atom stereocenters. The molecule has 1 amide bonds. The number of fused-ring (bicyclic) bond motifs is 1. The van der Waals surface area contributed by atoms with E-state index in [1.54, 1.807) is 17.3 Å². The van der Waals surface area contributed by atoms with Crippen LogP contribution in [-0.2, 0) is 0 Å². The Morgan fingerprint density at radius 3 is 2.62 bits per heavy atom. The molecule has 3 aromatic rings. The highest BCUT2D eigenvalue weighted by molar-refractivity contribution is 5.93. The number of piperazine rings is 1. The minimum Gasteiger partial charge on any atom is -0.351 e. The van der Waals surface area contributed by atoms with E-state index in [2.05, 4.69) is 31.1 Å². The lowest BCUT2D eigenvalue weighted by Crippen LogP contribution is -2.49. The van der Waals surface area contributed by atoms with Crippen LogP contribution < -0.4 is 4.90 Å². The van der Waals surface area contributed by atoms with Crippen molar-refractivity contribution in [3.63, 3.8) is 0 Å². The highest BCUT2D eigenvalue weighted by Gasteiger charge is 2.24. The van der Waals surface area contributed by atoms with Crippen LogP contribution in [0.15, 0.2) is 49.1 Å². The Hall–Kier alpha value is -3.09. The van der Waals surface area contributed by atoms with Crippen LogP contribution in [0.2, 0.25) is 0 Å². The molecule has 0 N–H and O–H groups in total. The normalized spacial score (nSPS) is 14.8. The van der Waals surface area contributed by atoms with E-state index in [0.29, 0.717) is 31.9 Å². The Labute approximate surface area is 139 Å². The molecule has 0 aliphatic carbocycles. The van der Waals surface area contributed by atoms with E-state index >= 15 is 0 Å². The van der Waals surface area contributed by atoms with E-state index in [1.165, 1.54) is 12.4 Å². The molecule has 1 saturated heterocycles. The highest BCUT2D eigenvalue weighted by atomic mass is 16.2. The third kappa shape index (κ3) is 2.64. The summed E-state index contributed by atoms with van der Waals surface area (Å²) in [6.45, 7) is 2.68. The van der Waals surface area contributed by atoms with Gasteiger partial charge in [-0.25, -0.2) is 4.98 Å². The molecule has 1 fully saturated rings. The summed E-state index contributed by atoms with van der Waals surface area (Å²) >= 11 is 0. The number of hydrogen-bond acceptors (Lipinski definition) is 6. The molecule has 0 spiro atoms. The van der Waals surface area contributed by atoms with Crippen molar-refractivity contribution in [2.75, 3.05) is 31.1 Å². The summed E-state index contributed by atoms with van der Waals surface area (Å²) in [5, 5.41) is 10.6. The van der Waals surface area contributed by atoms with Crippen molar-refractivity contribution < 1.29 is 4.79 Å². The lowest BCUT2D eigenvalue weighted by Gasteiger charge is -2.35. The fraction of sp³-hybridized carbons (Fsp3) is 0.235. The van der Waals surface area contributed by atoms with E-state index in [-0.39, 0.29) is 5.91 Å². The number of anilines is 1. The van der Waals surface area contributed by atoms with Gasteiger partial charge in [0.05, 0.1) is 12.4 Å². The number of hydrogen-bond donors (Lipinski definition) is 0. The third-order valence-corrected chi connectivity index (χ3v) is 4.20. The lowest BCUT2D eigenvalue weighted by molar-refractivity contribution is 0.0740. The van der Waals surface area contributed by atoms with Crippen molar-refractivity contribution in [2.24, 2.45) is 0 Å². The van der Waals surface area contributed by atoms with Gasteiger partial charge in [0.1, 0.15) is 5.69 Å². The van der Waals surface area contributed by atoms with E-state index in [0.717, 1.165) is 16.6 Å². The van der Waals surface area contributed by atoms with Crippen molar-refractivity contribution in [1.82, 2.24) is 25.1 Å². The van der Waals surface area contributed by atoms with Crippen LogP contribution in [0.25, 0.3) is 10.8 Å². The third-order valence-electron chi connectivity index (χ3n) is 4.20. The maximum atomic E-state index is 12.4. The number of carbonyl (C=O) groups excluding carboxylic acids is 1. The van der Waals surface area contributed by atoms with Crippen LogP contribution in [0.1, 0.15) is 10.5 Å². The van der Waals surface area contributed by atoms with Gasteiger partial charge in [0, 0.05) is 49.3 Å². The van der Waals surface area contributed by atoms with Gasteiger partial charge in [-0.15, -0.1) is 5.10 Å². The van der Waals surface area contributed by atoms with Crippen LogP contribution in [0.4, 0.5) is 5.82 Å². The average Bonchev–Trinajstić information content (AvgIpc) is 2.68. The minimum absolute atomic E-state index is 0.0771. The molecule has 0 unspecified atom stereocenters. The first-order valence-corrected chi connectivity index (χ1v) is 7.83. The second-order valence-corrected chi connectivity index (χ2v) is 5.63. The molecule has 7 nitrogen and oxygen atoms in total. The molecule has 0 bridgehead atoms. The molecular weight excluding hydrogens is 304 g/mol. The van der Waals surface area contributed by atoms with Crippen molar-refractivity contribution in [1.29, 1.82) is 0 Å². The molecule has 4 rings (SSSR count). The quantitative estimate of drug-likeness (QED) is 0.710. The zero-order valence-corrected chi connectivity index (χ0v) is 13.0. The predicted octanol–water partition coefficient (Wildman–Crippen LogP) is 1.38. The van der Waals surface area contributed by atoms with E-state index in [4.69, 9.17) is 0 Å².